The quantitative estimate of drug-likeness (QED) is 0.909. The Morgan fingerprint density at radius 3 is 2.45 bits per heavy atom. The van der Waals surface area contributed by atoms with Crippen LogP contribution in [0.2, 0.25) is 0 Å². The van der Waals surface area contributed by atoms with Crippen LogP contribution in [-0.2, 0) is 6.61 Å². The number of aliphatic hydroxyl groups is 1. The molecular formula is C16H23N3O. The van der Waals surface area contributed by atoms with Crippen molar-refractivity contribution in [2.45, 2.75) is 53.1 Å². The minimum atomic E-state index is -0.0588. The van der Waals surface area contributed by atoms with E-state index >= 15 is 0 Å². The van der Waals surface area contributed by atoms with Crippen LogP contribution in [0.5, 0.6) is 0 Å². The molecule has 1 aromatic carbocycles. The molecule has 0 unspecified atom stereocenters. The molecule has 1 heterocycles. The molecular weight excluding hydrogens is 250 g/mol. The molecule has 0 bridgehead atoms. The van der Waals surface area contributed by atoms with Crippen LogP contribution in [0.15, 0.2) is 18.2 Å². The normalized spacial score (nSPS) is 11.3. The Balaban J connectivity index is 2.59. The molecule has 1 N–H and O–H groups in total. The van der Waals surface area contributed by atoms with Crippen LogP contribution >= 0.6 is 0 Å². The largest absolute Gasteiger partial charge is 0.390 e. The molecule has 0 radical (unpaired) electrons. The molecule has 0 fully saturated rings. The van der Waals surface area contributed by atoms with Gasteiger partial charge in [-0.2, -0.15) is 0 Å². The molecule has 4 heteroatoms. The Hall–Kier alpha value is -1.68. The number of aliphatic hydroxyl groups excluding tert-OH is 1. The Morgan fingerprint density at radius 1 is 1.20 bits per heavy atom. The van der Waals surface area contributed by atoms with Crippen molar-refractivity contribution in [2.75, 3.05) is 0 Å². The maximum absolute atomic E-state index is 9.52. The molecule has 0 aliphatic rings. The fraction of sp³-hybridized carbons (Fsp3) is 0.500. The van der Waals surface area contributed by atoms with Crippen LogP contribution in [0.1, 0.15) is 55.1 Å². The first-order chi connectivity index (χ1) is 9.62. The number of rotatable bonds is 5. The average Bonchev–Trinajstić information content (AvgIpc) is 2.84. The van der Waals surface area contributed by atoms with Gasteiger partial charge in [-0.3, -0.25) is 0 Å². The second kappa shape index (κ2) is 6.18. The van der Waals surface area contributed by atoms with E-state index in [4.69, 9.17) is 0 Å². The van der Waals surface area contributed by atoms with Gasteiger partial charge in [0.2, 0.25) is 0 Å². The van der Waals surface area contributed by atoms with Crippen molar-refractivity contribution in [1.82, 2.24) is 15.0 Å². The highest BCUT2D eigenvalue weighted by atomic mass is 16.3. The van der Waals surface area contributed by atoms with Gasteiger partial charge in [-0.05, 0) is 38.3 Å². The summed E-state index contributed by atoms with van der Waals surface area (Å²) in [5.41, 5.74) is 5.19. The van der Waals surface area contributed by atoms with Crippen molar-refractivity contribution >= 4 is 0 Å². The van der Waals surface area contributed by atoms with E-state index in [9.17, 15) is 5.11 Å². The minimum Gasteiger partial charge on any atom is -0.390 e. The minimum absolute atomic E-state index is 0.0588. The summed E-state index contributed by atoms with van der Waals surface area (Å²) in [5.74, 6) is 0.368. The predicted octanol–water partition coefficient (Wildman–Crippen LogP) is 3.28. The maximum atomic E-state index is 9.52. The van der Waals surface area contributed by atoms with Gasteiger partial charge in [0.15, 0.2) is 0 Å². The summed E-state index contributed by atoms with van der Waals surface area (Å²) < 4.78 is 1.90. The molecule has 0 aliphatic carbocycles. The fourth-order valence-electron chi connectivity index (χ4n) is 2.74. The smallest absolute Gasteiger partial charge is 0.112 e. The van der Waals surface area contributed by atoms with Crippen molar-refractivity contribution in [2.24, 2.45) is 0 Å². The van der Waals surface area contributed by atoms with Crippen LogP contribution in [0.4, 0.5) is 0 Å². The fourth-order valence-corrected chi connectivity index (χ4v) is 2.74. The van der Waals surface area contributed by atoms with Crippen LogP contribution in [-0.4, -0.2) is 20.1 Å². The van der Waals surface area contributed by atoms with Gasteiger partial charge in [0.05, 0.1) is 18.0 Å². The first-order valence-electron chi connectivity index (χ1n) is 7.25. The number of aryl methyl sites for hydroxylation is 2. The Labute approximate surface area is 120 Å². The first-order valence-corrected chi connectivity index (χ1v) is 7.25. The zero-order valence-electron chi connectivity index (χ0n) is 12.7. The zero-order valence-corrected chi connectivity index (χ0v) is 12.7. The molecule has 0 aliphatic heterocycles. The Kier molecular flexibility index (Phi) is 4.55. The highest BCUT2D eigenvalue weighted by Crippen LogP contribution is 2.28. The van der Waals surface area contributed by atoms with Crippen molar-refractivity contribution in [3.63, 3.8) is 0 Å². The number of hydrogen-bond donors (Lipinski definition) is 1. The topological polar surface area (TPSA) is 50.9 Å². The lowest BCUT2D eigenvalue weighted by molar-refractivity contribution is 0.274. The highest BCUT2D eigenvalue weighted by Gasteiger charge is 2.21. The molecule has 1 aromatic heterocycles. The van der Waals surface area contributed by atoms with Crippen molar-refractivity contribution in [3.05, 3.63) is 40.7 Å². The summed E-state index contributed by atoms with van der Waals surface area (Å²) in [6.07, 6.45) is 2.03. The summed E-state index contributed by atoms with van der Waals surface area (Å²) in [6.45, 7) is 8.43. The van der Waals surface area contributed by atoms with Crippen LogP contribution < -0.4 is 0 Å². The van der Waals surface area contributed by atoms with Gasteiger partial charge in [0.1, 0.15) is 5.69 Å². The van der Waals surface area contributed by atoms with E-state index in [0.29, 0.717) is 11.6 Å². The molecule has 0 spiro atoms. The van der Waals surface area contributed by atoms with E-state index in [-0.39, 0.29) is 6.61 Å². The van der Waals surface area contributed by atoms with E-state index in [1.165, 1.54) is 11.1 Å². The van der Waals surface area contributed by atoms with Crippen LogP contribution in [0.25, 0.3) is 5.69 Å². The van der Waals surface area contributed by atoms with E-state index in [1.807, 2.05) is 4.68 Å². The number of hydrogen-bond acceptors (Lipinski definition) is 3. The molecule has 4 nitrogen and oxygen atoms in total. The molecule has 0 saturated heterocycles. The van der Waals surface area contributed by atoms with Gasteiger partial charge < -0.3 is 5.11 Å². The molecule has 0 amide bonds. The molecule has 0 saturated carbocycles. The summed E-state index contributed by atoms with van der Waals surface area (Å²) in [4.78, 5) is 0. The van der Waals surface area contributed by atoms with E-state index in [1.54, 1.807) is 0 Å². The third kappa shape index (κ3) is 2.61. The lowest BCUT2D eigenvalue weighted by Gasteiger charge is -2.17. The molecule has 20 heavy (non-hydrogen) atoms. The van der Waals surface area contributed by atoms with Gasteiger partial charge in [0, 0.05) is 5.92 Å². The summed E-state index contributed by atoms with van der Waals surface area (Å²) in [5, 5.41) is 17.9. The summed E-state index contributed by atoms with van der Waals surface area (Å²) in [6, 6.07) is 6.30. The SMILES string of the molecule is CCC(CC)c1c(CO)nnn1-c1ccc(C)cc1C. The Bertz CT molecular complexity index is 585. The van der Waals surface area contributed by atoms with E-state index < -0.39 is 0 Å². The van der Waals surface area contributed by atoms with Crippen LogP contribution in [0.3, 0.4) is 0 Å². The summed E-state index contributed by atoms with van der Waals surface area (Å²) in [7, 11) is 0. The monoisotopic (exact) mass is 273 g/mol. The van der Waals surface area contributed by atoms with Gasteiger partial charge in [-0.25, -0.2) is 4.68 Å². The van der Waals surface area contributed by atoms with Crippen molar-refractivity contribution < 1.29 is 5.11 Å². The summed E-state index contributed by atoms with van der Waals surface area (Å²) >= 11 is 0. The van der Waals surface area contributed by atoms with Gasteiger partial charge >= 0.3 is 0 Å². The number of nitrogens with zero attached hydrogens (tertiary/aromatic N) is 3. The van der Waals surface area contributed by atoms with Gasteiger partial charge in [0.25, 0.3) is 0 Å². The second-order valence-electron chi connectivity index (χ2n) is 5.29. The van der Waals surface area contributed by atoms with E-state index in [0.717, 1.165) is 24.2 Å². The third-order valence-electron chi connectivity index (χ3n) is 3.88. The van der Waals surface area contributed by atoms with Crippen molar-refractivity contribution in [1.29, 1.82) is 0 Å². The second-order valence-corrected chi connectivity index (χ2v) is 5.29. The van der Waals surface area contributed by atoms with Crippen LogP contribution in [0, 0.1) is 13.8 Å². The van der Waals surface area contributed by atoms with Gasteiger partial charge in [-0.1, -0.05) is 36.8 Å². The highest BCUT2D eigenvalue weighted by molar-refractivity contribution is 5.43. The maximum Gasteiger partial charge on any atom is 0.112 e. The zero-order chi connectivity index (χ0) is 14.7. The third-order valence-corrected chi connectivity index (χ3v) is 3.88. The van der Waals surface area contributed by atoms with Gasteiger partial charge in [-0.15, -0.1) is 5.10 Å². The first kappa shape index (κ1) is 14.7. The standard InChI is InChI=1S/C16H23N3O/c1-5-13(6-2)16-14(10-20)17-18-19(16)15-8-7-11(3)9-12(15)4/h7-9,13,20H,5-6,10H2,1-4H3. The molecule has 2 aromatic rings. The van der Waals surface area contributed by atoms with Crippen molar-refractivity contribution in [3.8, 4) is 5.69 Å². The lowest BCUT2D eigenvalue weighted by Crippen LogP contribution is -2.10. The molecule has 2 rings (SSSR count). The number of benzene rings is 1. The number of aromatic nitrogens is 3. The molecule has 0 atom stereocenters. The average molecular weight is 273 g/mol. The Morgan fingerprint density at radius 2 is 1.90 bits per heavy atom. The lowest BCUT2D eigenvalue weighted by atomic mass is 9.97. The molecule has 108 valence electrons. The van der Waals surface area contributed by atoms with E-state index in [2.05, 4.69) is 56.2 Å². The predicted molar refractivity (Wildman–Crippen MR) is 80.1 cm³/mol.